The molecule has 1 aliphatic heterocycles. The van der Waals surface area contributed by atoms with Crippen molar-refractivity contribution in [1.29, 1.82) is 0 Å². The largest absolute Gasteiger partial charge is 0.464 e. The Morgan fingerprint density at radius 3 is 2.48 bits per heavy atom. The second kappa shape index (κ2) is 8.51. The molecule has 0 saturated carbocycles. The number of pyridine rings is 1. The molecule has 0 radical (unpaired) electrons. The lowest BCUT2D eigenvalue weighted by atomic mass is 9.87. The topological polar surface area (TPSA) is 78.6 Å². The summed E-state index contributed by atoms with van der Waals surface area (Å²) in [7, 11) is 1.15. The average molecular weight is 520 g/mol. The van der Waals surface area contributed by atoms with E-state index in [4.69, 9.17) is 44.4 Å². The van der Waals surface area contributed by atoms with E-state index >= 15 is 0 Å². The number of methoxy groups -OCH3 is 1. The number of alkyl halides is 3. The van der Waals surface area contributed by atoms with E-state index in [-0.39, 0.29) is 43.5 Å². The van der Waals surface area contributed by atoms with Gasteiger partial charge in [-0.3, -0.25) is 0 Å². The Bertz CT molecular complexity index is 1260. The number of oxime groups is 1. The van der Waals surface area contributed by atoms with Crippen molar-refractivity contribution in [3.05, 3.63) is 74.6 Å². The van der Waals surface area contributed by atoms with Crippen LogP contribution >= 0.6 is 34.8 Å². The summed E-state index contributed by atoms with van der Waals surface area (Å²) in [5, 5.41) is 8.01. The number of hydrogen-bond donors (Lipinski definition) is 0. The molecule has 1 unspecified atom stereocenters. The summed E-state index contributed by atoms with van der Waals surface area (Å²) in [6.45, 7) is 0. The van der Waals surface area contributed by atoms with Gasteiger partial charge in [0.2, 0.25) is 0 Å². The van der Waals surface area contributed by atoms with Crippen LogP contribution in [0.1, 0.15) is 28.2 Å². The van der Waals surface area contributed by atoms with Gasteiger partial charge >= 0.3 is 12.1 Å². The molecule has 1 aliphatic rings. The quantitative estimate of drug-likeness (QED) is 0.420. The highest BCUT2D eigenvalue weighted by molar-refractivity contribution is 6.34. The fourth-order valence-corrected chi connectivity index (χ4v) is 4.02. The minimum Gasteiger partial charge on any atom is -0.464 e. The van der Waals surface area contributed by atoms with Gasteiger partial charge in [-0.15, -0.1) is 0 Å². The van der Waals surface area contributed by atoms with Crippen LogP contribution < -0.4 is 0 Å². The van der Waals surface area contributed by atoms with E-state index in [0.717, 1.165) is 23.9 Å². The van der Waals surface area contributed by atoms with Crippen LogP contribution in [0.4, 0.5) is 13.2 Å². The summed E-state index contributed by atoms with van der Waals surface area (Å²) in [4.78, 5) is 21.3. The first kappa shape index (κ1) is 23.3. The zero-order valence-electron chi connectivity index (χ0n) is 16.5. The summed E-state index contributed by atoms with van der Waals surface area (Å²) < 4.78 is 48.5. The highest BCUT2D eigenvalue weighted by atomic mass is 35.5. The molecule has 33 heavy (non-hydrogen) atoms. The lowest BCUT2D eigenvalue weighted by molar-refractivity contribution is -0.275. The molecule has 7 nitrogen and oxygen atoms in total. The third-order valence-electron chi connectivity index (χ3n) is 4.85. The fourth-order valence-electron chi connectivity index (χ4n) is 3.29. The number of halogens is 6. The number of benzene rings is 1. The maximum absolute atomic E-state index is 14.2. The molecular weight excluding hydrogens is 508 g/mol. The number of ether oxygens (including phenoxy) is 1. The predicted octanol–water partition coefficient (Wildman–Crippen LogP) is 5.60. The summed E-state index contributed by atoms with van der Waals surface area (Å²) in [5.41, 5.74) is -3.53. The van der Waals surface area contributed by atoms with Crippen molar-refractivity contribution in [2.75, 3.05) is 7.11 Å². The predicted molar refractivity (Wildman–Crippen MR) is 114 cm³/mol. The van der Waals surface area contributed by atoms with Gasteiger partial charge < -0.3 is 9.57 Å². The molecule has 1 atom stereocenters. The molecule has 0 N–H and O–H groups in total. The van der Waals surface area contributed by atoms with E-state index in [9.17, 15) is 18.0 Å². The third-order valence-corrected chi connectivity index (χ3v) is 5.59. The van der Waals surface area contributed by atoms with Crippen molar-refractivity contribution < 1.29 is 27.5 Å². The van der Waals surface area contributed by atoms with Crippen LogP contribution in [0.5, 0.6) is 0 Å². The maximum Gasteiger partial charge on any atom is 0.435 e. The van der Waals surface area contributed by atoms with Gasteiger partial charge in [-0.1, -0.05) is 40.0 Å². The van der Waals surface area contributed by atoms with Crippen LogP contribution in [0.2, 0.25) is 15.1 Å². The molecule has 0 bridgehead atoms. The van der Waals surface area contributed by atoms with Gasteiger partial charge in [0.05, 0.1) is 18.6 Å². The molecule has 0 spiro atoms. The Balaban J connectivity index is 1.79. The van der Waals surface area contributed by atoms with Gasteiger partial charge in [-0.2, -0.15) is 18.3 Å². The van der Waals surface area contributed by atoms with Crippen molar-refractivity contribution in [3.63, 3.8) is 0 Å². The van der Waals surface area contributed by atoms with E-state index in [2.05, 4.69) is 15.2 Å². The Hall–Kier alpha value is -2.82. The summed E-state index contributed by atoms with van der Waals surface area (Å²) in [6, 6.07) is 7.80. The van der Waals surface area contributed by atoms with Crippen molar-refractivity contribution >= 4 is 46.5 Å². The zero-order chi connectivity index (χ0) is 24.0. The Labute approximate surface area is 199 Å². The molecule has 172 valence electrons. The second-order valence-electron chi connectivity index (χ2n) is 6.92. The van der Waals surface area contributed by atoms with E-state index < -0.39 is 24.2 Å². The van der Waals surface area contributed by atoms with Crippen molar-refractivity contribution in [3.8, 4) is 5.82 Å². The SMILES string of the molecule is COC(=O)c1cc(C2=NOC(c3cc(Cl)cc(Cl)c3)(C(F)(F)F)C2)nn1-c1ncccc1Cl. The number of rotatable bonds is 4. The van der Waals surface area contributed by atoms with E-state index in [1.54, 1.807) is 6.07 Å². The first-order chi connectivity index (χ1) is 15.6. The minimum atomic E-state index is -4.88. The van der Waals surface area contributed by atoms with Crippen LogP contribution in [0.3, 0.4) is 0 Å². The molecule has 0 aliphatic carbocycles. The monoisotopic (exact) mass is 518 g/mol. The third kappa shape index (κ3) is 4.14. The molecule has 3 aromatic rings. The number of hydrogen-bond acceptors (Lipinski definition) is 6. The van der Waals surface area contributed by atoms with E-state index in [1.165, 1.54) is 24.4 Å². The first-order valence-electron chi connectivity index (χ1n) is 9.14. The summed E-state index contributed by atoms with van der Waals surface area (Å²) >= 11 is 18.0. The van der Waals surface area contributed by atoms with Crippen LogP contribution in [-0.2, 0) is 15.2 Å². The Morgan fingerprint density at radius 1 is 1.18 bits per heavy atom. The second-order valence-corrected chi connectivity index (χ2v) is 8.20. The van der Waals surface area contributed by atoms with Crippen molar-refractivity contribution in [2.24, 2.45) is 5.16 Å². The molecule has 3 heterocycles. The number of nitrogens with zero attached hydrogens (tertiary/aromatic N) is 4. The van der Waals surface area contributed by atoms with Gasteiger partial charge in [0.25, 0.3) is 5.60 Å². The van der Waals surface area contributed by atoms with Gasteiger partial charge in [-0.05, 0) is 30.3 Å². The molecule has 0 fully saturated rings. The molecule has 4 rings (SSSR count). The summed E-state index contributed by atoms with van der Waals surface area (Å²) in [5.74, 6) is -0.729. The minimum absolute atomic E-state index is 0.000208. The molecular formula is C20H12Cl3F3N4O3. The average Bonchev–Trinajstić information content (AvgIpc) is 3.38. The highest BCUT2D eigenvalue weighted by Crippen LogP contribution is 2.49. The van der Waals surface area contributed by atoms with Crippen LogP contribution in [-0.4, -0.2) is 39.7 Å². The molecule has 13 heteroatoms. The summed E-state index contributed by atoms with van der Waals surface area (Å²) in [6.07, 6.45) is -4.22. The first-order valence-corrected chi connectivity index (χ1v) is 10.3. The van der Waals surface area contributed by atoms with Crippen LogP contribution in [0, 0.1) is 0 Å². The standard InChI is InChI=1S/C20H12Cl3F3N4O3/c1-32-18(31)16-8-14(28-30(16)17-13(23)3-2-4-27-17)15-9-19(33-29-15,20(24,25)26)10-5-11(21)7-12(22)6-10/h2-8H,9H2,1H3. The normalized spacial score (nSPS) is 18.1. The molecule has 0 amide bonds. The Kier molecular flexibility index (Phi) is 6.02. The Morgan fingerprint density at radius 2 is 1.88 bits per heavy atom. The van der Waals surface area contributed by atoms with Gasteiger partial charge in [0.1, 0.15) is 11.4 Å². The van der Waals surface area contributed by atoms with Crippen molar-refractivity contribution in [2.45, 2.75) is 18.2 Å². The lowest BCUT2D eigenvalue weighted by Crippen LogP contribution is -2.42. The number of carbonyl (C=O) groups is 1. The van der Waals surface area contributed by atoms with Crippen molar-refractivity contribution in [1.82, 2.24) is 14.8 Å². The zero-order valence-corrected chi connectivity index (χ0v) is 18.8. The molecule has 1 aromatic carbocycles. The highest BCUT2D eigenvalue weighted by Gasteiger charge is 2.62. The lowest BCUT2D eigenvalue weighted by Gasteiger charge is -2.29. The smallest absolute Gasteiger partial charge is 0.435 e. The molecule has 0 saturated heterocycles. The van der Waals surface area contributed by atoms with Crippen LogP contribution in [0.15, 0.2) is 47.8 Å². The van der Waals surface area contributed by atoms with E-state index in [0.29, 0.717) is 0 Å². The number of esters is 1. The van der Waals surface area contributed by atoms with Gasteiger partial charge in [0.15, 0.2) is 11.5 Å². The van der Waals surface area contributed by atoms with Crippen LogP contribution in [0.25, 0.3) is 5.82 Å². The van der Waals surface area contributed by atoms with Gasteiger partial charge in [-0.25, -0.2) is 14.5 Å². The maximum atomic E-state index is 14.2. The number of carbonyl (C=O) groups excluding carboxylic acids is 1. The van der Waals surface area contributed by atoms with Gasteiger partial charge in [0, 0.05) is 27.9 Å². The fraction of sp³-hybridized carbons (Fsp3) is 0.200. The van der Waals surface area contributed by atoms with E-state index in [1.807, 2.05) is 0 Å². The molecule has 2 aromatic heterocycles. The number of aromatic nitrogens is 3.